The van der Waals surface area contributed by atoms with Gasteiger partial charge in [-0.15, -0.1) is 0 Å². The van der Waals surface area contributed by atoms with E-state index >= 15 is 0 Å². The van der Waals surface area contributed by atoms with Crippen molar-refractivity contribution in [1.29, 1.82) is 0 Å². The predicted octanol–water partition coefficient (Wildman–Crippen LogP) is 3.70. The highest BCUT2D eigenvalue weighted by atomic mass is 15.2. The zero-order valence-electron chi connectivity index (χ0n) is 11.6. The summed E-state index contributed by atoms with van der Waals surface area (Å²) >= 11 is 0. The van der Waals surface area contributed by atoms with Gasteiger partial charge in [0, 0.05) is 19.6 Å². The summed E-state index contributed by atoms with van der Waals surface area (Å²) < 4.78 is 0. The number of hydrogen-bond donors (Lipinski definition) is 1. The van der Waals surface area contributed by atoms with Gasteiger partial charge in [-0.1, -0.05) is 33.8 Å². The molecule has 94 valence electrons. The third kappa shape index (κ3) is 2.41. The van der Waals surface area contributed by atoms with Crippen LogP contribution in [0.4, 0.5) is 11.4 Å². The molecule has 0 radical (unpaired) electrons. The Kier molecular flexibility index (Phi) is 3.32. The molecule has 1 heterocycles. The van der Waals surface area contributed by atoms with Crippen LogP contribution in [0.5, 0.6) is 0 Å². The monoisotopic (exact) mass is 232 g/mol. The maximum absolute atomic E-state index is 3.68. The maximum atomic E-state index is 3.68. The molecule has 0 aromatic heterocycles. The van der Waals surface area contributed by atoms with Gasteiger partial charge < -0.3 is 10.2 Å². The van der Waals surface area contributed by atoms with Gasteiger partial charge in [-0.05, 0) is 29.5 Å². The molecule has 0 saturated carbocycles. The van der Waals surface area contributed by atoms with Crippen LogP contribution in [0.1, 0.15) is 39.2 Å². The van der Waals surface area contributed by atoms with E-state index in [0.717, 1.165) is 6.54 Å². The van der Waals surface area contributed by atoms with Crippen molar-refractivity contribution in [2.75, 3.05) is 23.8 Å². The Hall–Kier alpha value is -1.18. The average Bonchev–Trinajstić information content (AvgIpc) is 2.27. The fourth-order valence-corrected chi connectivity index (χ4v) is 2.38. The number of rotatable bonds is 2. The van der Waals surface area contributed by atoms with E-state index in [1.54, 1.807) is 0 Å². The van der Waals surface area contributed by atoms with Crippen molar-refractivity contribution >= 4 is 11.4 Å². The van der Waals surface area contributed by atoms with Crippen molar-refractivity contribution in [2.24, 2.45) is 5.92 Å². The van der Waals surface area contributed by atoms with Crippen LogP contribution >= 0.6 is 0 Å². The number of hydrogen-bond acceptors (Lipinski definition) is 2. The van der Waals surface area contributed by atoms with Crippen LogP contribution in [0, 0.1) is 5.92 Å². The van der Waals surface area contributed by atoms with E-state index in [-0.39, 0.29) is 0 Å². The summed E-state index contributed by atoms with van der Waals surface area (Å²) in [7, 11) is 2.18. The number of likely N-dealkylation sites (N-methyl/N-ethyl adjacent to an activating group) is 1. The minimum atomic E-state index is 0.551. The van der Waals surface area contributed by atoms with Crippen molar-refractivity contribution in [1.82, 2.24) is 0 Å². The fourth-order valence-electron chi connectivity index (χ4n) is 2.38. The minimum Gasteiger partial charge on any atom is -0.379 e. The lowest BCUT2D eigenvalue weighted by Gasteiger charge is -2.37. The third-order valence-electron chi connectivity index (χ3n) is 3.71. The molecule has 1 atom stereocenters. The van der Waals surface area contributed by atoms with Crippen LogP contribution in [-0.4, -0.2) is 19.6 Å². The summed E-state index contributed by atoms with van der Waals surface area (Å²) in [5.41, 5.74) is 4.03. The van der Waals surface area contributed by atoms with Crippen LogP contribution < -0.4 is 10.2 Å². The zero-order valence-corrected chi connectivity index (χ0v) is 11.6. The van der Waals surface area contributed by atoms with Gasteiger partial charge >= 0.3 is 0 Å². The number of anilines is 2. The minimum absolute atomic E-state index is 0.551. The van der Waals surface area contributed by atoms with Gasteiger partial charge in [0.25, 0.3) is 0 Å². The largest absolute Gasteiger partial charge is 0.379 e. The molecule has 0 fully saturated rings. The molecule has 1 aromatic rings. The number of fused-ring (bicyclic) bond motifs is 1. The summed E-state index contributed by atoms with van der Waals surface area (Å²) in [4.78, 5) is 2.36. The van der Waals surface area contributed by atoms with Crippen molar-refractivity contribution in [3.63, 3.8) is 0 Å². The van der Waals surface area contributed by atoms with Gasteiger partial charge in [0.15, 0.2) is 0 Å². The van der Waals surface area contributed by atoms with Gasteiger partial charge in [-0.2, -0.15) is 0 Å². The Balaban J connectivity index is 2.33. The van der Waals surface area contributed by atoms with Crippen LogP contribution in [0.15, 0.2) is 18.2 Å². The standard InChI is InChI=1S/C15H24N2/c1-10(2)12-6-7-15-13(8-12)16-14(11(3)4)9-17(15)5/h6-8,10-11,14,16H,9H2,1-5H3. The van der Waals surface area contributed by atoms with E-state index in [1.807, 2.05) is 0 Å². The quantitative estimate of drug-likeness (QED) is 0.836. The lowest BCUT2D eigenvalue weighted by molar-refractivity contribution is 0.514. The zero-order chi connectivity index (χ0) is 12.6. The molecule has 1 aromatic carbocycles. The Morgan fingerprint density at radius 1 is 1.24 bits per heavy atom. The number of nitrogens with zero attached hydrogens (tertiary/aromatic N) is 1. The molecule has 0 saturated heterocycles. The first kappa shape index (κ1) is 12.3. The molecule has 17 heavy (non-hydrogen) atoms. The van der Waals surface area contributed by atoms with Gasteiger partial charge in [-0.3, -0.25) is 0 Å². The lowest BCUT2D eigenvalue weighted by atomic mass is 9.97. The molecule has 2 nitrogen and oxygen atoms in total. The van der Waals surface area contributed by atoms with Gasteiger partial charge in [-0.25, -0.2) is 0 Å². The summed E-state index contributed by atoms with van der Waals surface area (Å²) in [5.74, 6) is 1.25. The molecule has 1 unspecified atom stereocenters. The van der Waals surface area contributed by atoms with E-state index in [4.69, 9.17) is 0 Å². The second kappa shape index (κ2) is 4.59. The molecular formula is C15H24N2. The molecule has 1 N–H and O–H groups in total. The number of benzene rings is 1. The van der Waals surface area contributed by atoms with Gasteiger partial charge in [0.05, 0.1) is 11.4 Å². The Morgan fingerprint density at radius 2 is 1.94 bits per heavy atom. The van der Waals surface area contributed by atoms with E-state index in [1.165, 1.54) is 16.9 Å². The molecule has 1 aliphatic rings. The highest BCUT2D eigenvalue weighted by Gasteiger charge is 2.23. The lowest BCUT2D eigenvalue weighted by Crippen LogP contribution is -2.42. The van der Waals surface area contributed by atoms with Crippen molar-refractivity contribution < 1.29 is 0 Å². The third-order valence-corrected chi connectivity index (χ3v) is 3.71. The van der Waals surface area contributed by atoms with Crippen LogP contribution in [0.2, 0.25) is 0 Å². The predicted molar refractivity (Wildman–Crippen MR) is 76.0 cm³/mol. The smallest absolute Gasteiger partial charge is 0.0600 e. The van der Waals surface area contributed by atoms with Crippen LogP contribution in [-0.2, 0) is 0 Å². The van der Waals surface area contributed by atoms with Crippen molar-refractivity contribution in [3.05, 3.63) is 23.8 Å². The summed E-state index contributed by atoms with van der Waals surface area (Å²) in [6, 6.07) is 7.35. The van der Waals surface area contributed by atoms with E-state index in [9.17, 15) is 0 Å². The van der Waals surface area contributed by atoms with Gasteiger partial charge in [0.1, 0.15) is 0 Å². The topological polar surface area (TPSA) is 15.3 Å². The fraction of sp³-hybridized carbons (Fsp3) is 0.600. The first-order valence-electron chi connectivity index (χ1n) is 6.60. The first-order valence-corrected chi connectivity index (χ1v) is 6.60. The molecule has 1 aliphatic heterocycles. The summed E-state index contributed by atoms with van der Waals surface area (Å²) in [5, 5.41) is 3.68. The summed E-state index contributed by atoms with van der Waals surface area (Å²) in [6.45, 7) is 10.1. The van der Waals surface area contributed by atoms with Crippen molar-refractivity contribution in [3.8, 4) is 0 Å². The molecule has 0 amide bonds. The molecule has 0 spiro atoms. The van der Waals surface area contributed by atoms with E-state index in [2.05, 4.69) is 63.2 Å². The van der Waals surface area contributed by atoms with E-state index in [0.29, 0.717) is 17.9 Å². The average molecular weight is 232 g/mol. The maximum Gasteiger partial charge on any atom is 0.0600 e. The van der Waals surface area contributed by atoms with Crippen LogP contribution in [0.25, 0.3) is 0 Å². The molecule has 0 aliphatic carbocycles. The van der Waals surface area contributed by atoms with E-state index < -0.39 is 0 Å². The normalized spacial score (nSPS) is 19.5. The molecule has 0 bridgehead atoms. The Bertz CT molecular complexity index is 396. The second-order valence-electron chi connectivity index (χ2n) is 5.81. The van der Waals surface area contributed by atoms with Gasteiger partial charge in [0.2, 0.25) is 0 Å². The first-order chi connectivity index (χ1) is 7.99. The Labute approximate surface area is 105 Å². The van der Waals surface area contributed by atoms with Crippen LogP contribution in [0.3, 0.4) is 0 Å². The molecule has 2 rings (SSSR count). The highest BCUT2D eigenvalue weighted by molar-refractivity contribution is 5.73. The second-order valence-corrected chi connectivity index (χ2v) is 5.81. The Morgan fingerprint density at radius 3 is 2.53 bits per heavy atom. The highest BCUT2D eigenvalue weighted by Crippen LogP contribution is 2.33. The molecule has 2 heteroatoms. The molecular weight excluding hydrogens is 208 g/mol. The number of nitrogens with one attached hydrogen (secondary N) is 1. The summed E-state index contributed by atoms with van der Waals surface area (Å²) in [6.07, 6.45) is 0. The van der Waals surface area contributed by atoms with Crippen molar-refractivity contribution in [2.45, 2.75) is 39.7 Å². The SMILES string of the molecule is CC(C)c1ccc2c(c1)NC(C(C)C)CN2C.